The Labute approximate surface area is 228 Å². The van der Waals surface area contributed by atoms with E-state index < -0.39 is 5.97 Å². The maximum absolute atomic E-state index is 13.5. The first-order chi connectivity index (χ1) is 18.2. The fourth-order valence-electron chi connectivity index (χ4n) is 5.15. The molecular formula is C33H44N2O3. The fourth-order valence-corrected chi connectivity index (χ4v) is 5.15. The number of carboxylic acids is 1. The van der Waals surface area contributed by atoms with Crippen molar-refractivity contribution in [2.45, 2.75) is 85.1 Å². The molecule has 1 heterocycles. The van der Waals surface area contributed by atoms with Gasteiger partial charge in [-0.1, -0.05) is 64.8 Å². The van der Waals surface area contributed by atoms with Crippen LogP contribution in [0, 0.1) is 5.92 Å². The van der Waals surface area contributed by atoms with Gasteiger partial charge in [-0.15, -0.1) is 0 Å². The lowest BCUT2D eigenvalue weighted by molar-refractivity contribution is -0.137. The summed E-state index contributed by atoms with van der Waals surface area (Å²) in [4.78, 5) is 24.4. The Morgan fingerprint density at radius 3 is 2.24 bits per heavy atom. The van der Waals surface area contributed by atoms with Gasteiger partial charge in [0.05, 0.1) is 6.04 Å². The average Bonchev–Trinajstić information content (AvgIpc) is 3.21. The van der Waals surface area contributed by atoms with E-state index >= 15 is 0 Å². The monoisotopic (exact) mass is 516 g/mol. The Hall–Kier alpha value is -3.34. The van der Waals surface area contributed by atoms with Crippen molar-refractivity contribution in [2.24, 2.45) is 13.0 Å². The highest BCUT2D eigenvalue weighted by Gasteiger charge is 2.19. The molecule has 1 atom stereocenters. The summed E-state index contributed by atoms with van der Waals surface area (Å²) in [6, 6.07) is 19.0. The zero-order valence-electron chi connectivity index (χ0n) is 23.7. The summed E-state index contributed by atoms with van der Waals surface area (Å²) < 4.78 is 2.05. The number of ketones is 1. The smallest absolute Gasteiger partial charge is 0.303 e. The molecule has 5 heteroatoms. The summed E-state index contributed by atoms with van der Waals surface area (Å²) >= 11 is 0. The number of nitrogens with one attached hydrogen (secondary N) is 1. The number of unbranched alkanes of at least 4 members (excludes halogenated alkanes) is 1. The topological polar surface area (TPSA) is 71.3 Å². The molecule has 1 aromatic heterocycles. The summed E-state index contributed by atoms with van der Waals surface area (Å²) in [6.45, 7) is 8.76. The number of aryl methyl sites for hydroxylation is 1. The van der Waals surface area contributed by atoms with Gasteiger partial charge in [0.1, 0.15) is 0 Å². The molecule has 204 valence electrons. The molecule has 0 aliphatic rings. The van der Waals surface area contributed by atoms with Crippen LogP contribution >= 0.6 is 0 Å². The Morgan fingerprint density at radius 1 is 0.974 bits per heavy atom. The van der Waals surface area contributed by atoms with Gasteiger partial charge in [0.15, 0.2) is 5.78 Å². The summed E-state index contributed by atoms with van der Waals surface area (Å²) in [5.74, 6) is -0.138. The van der Waals surface area contributed by atoms with Gasteiger partial charge in [0, 0.05) is 41.7 Å². The predicted octanol–water partition coefficient (Wildman–Crippen LogP) is 7.77. The molecule has 0 saturated carbocycles. The van der Waals surface area contributed by atoms with Crippen molar-refractivity contribution in [3.63, 3.8) is 0 Å². The van der Waals surface area contributed by atoms with Crippen LogP contribution in [0.4, 0.5) is 5.69 Å². The fraction of sp³-hybridized carbons (Fsp3) is 0.455. The second kappa shape index (κ2) is 14.0. The van der Waals surface area contributed by atoms with Gasteiger partial charge in [0.2, 0.25) is 0 Å². The molecule has 0 spiro atoms. The number of aliphatic carboxylic acids is 1. The largest absolute Gasteiger partial charge is 0.481 e. The van der Waals surface area contributed by atoms with E-state index in [0.717, 1.165) is 49.2 Å². The number of aromatic nitrogens is 1. The Balaban J connectivity index is 1.75. The molecule has 5 nitrogen and oxygen atoms in total. The van der Waals surface area contributed by atoms with Crippen LogP contribution < -0.4 is 5.32 Å². The van der Waals surface area contributed by atoms with E-state index in [4.69, 9.17) is 5.11 Å². The maximum Gasteiger partial charge on any atom is 0.303 e. The number of hydrogen-bond donors (Lipinski definition) is 2. The van der Waals surface area contributed by atoms with E-state index in [-0.39, 0.29) is 18.2 Å². The SMILES string of the molecule is CCCCC(Nc1ccc(C(=O)c2cc(CCCC(=O)O)n(C)c2CC)cc1)c1ccc(CC(C)C)cc1. The number of rotatable bonds is 15. The van der Waals surface area contributed by atoms with Crippen LogP contribution in [0.2, 0.25) is 0 Å². The summed E-state index contributed by atoms with van der Waals surface area (Å²) in [6.07, 6.45) is 6.50. The van der Waals surface area contributed by atoms with Crippen molar-refractivity contribution in [3.8, 4) is 0 Å². The lowest BCUT2D eigenvalue weighted by Gasteiger charge is -2.21. The maximum atomic E-state index is 13.5. The highest BCUT2D eigenvalue weighted by molar-refractivity contribution is 6.10. The van der Waals surface area contributed by atoms with Crippen molar-refractivity contribution in [1.82, 2.24) is 4.57 Å². The number of benzene rings is 2. The van der Waals surface area contributed by atoms with Crippen LogP contribution in [-0.4, -0.2) is 21.4 Å². The molecule has 0 amide bonds. The minimum atomic E-state index is -0.792. The Kier molecular flexibility index (Phi) is 10.8. The second-order valence-corrected chi connectivity index (χ2v) is 10.7. The lowest BCUT2D eigenvalue weighted by atomic mass is 9.96. The van der Waals surface area contributed by atoms with E-state index in [9.17, 15) is 9.59 Å². The molecule has 2 N–H and O–H groups in total. The minimum absolute atomic E-state index is 0.0109. The molecule has 2 aromatic carbocycles. The van der Waals surface area contributed by atoms with Gasteiger partial charge < -0.3 is 15.0 Å². The summed E-state index contributed by atoms with van der Waals surface area (Å²) in [5.41, 5.74) is 7.04. The van der Waals surface area contributed by atoms with Gasteiger partial charge >= 0.3 is 5.97 Å². The molecular weight excluding hydrogens is 472 g/mol. The molecule has 3 aromatic rings. The van der Waals surface area contributed by atoms with E-state index in [1.807, 2.05) is 44.3 Å². The first kappa shape index (κ1) is 29.2. The number of carbonyl (C=O) groups is 2. The quantitative estimate of drug-likeness (QED) is 0.202. The predicted molar refractivity (Wildman–Crippen MR) is 156 cm³/mol. The van der Waals surface area contributed by atoms with E-state index in [2.05, 4.69) is 54.9 Å². The molecule has 0 aliphatic heterocycles. The van der Waals surface area contributed by atoms with Crippen LogP contribution in [0.25, 0.3) is 0 Å². The molecule has 0 radical (unpaired) electrons. The third-order valence-electron chi connectivity index (χ3n) is 7.22. The second-order valence-electron chi connectivity index (χ2n) is 10.7. The van der Waals surface area contributed by atoms with Crippen LogP contribution in [0.3, 0.4) is 0 Å². The highest BCUT2D eigenvalue weighted by atomic mass is 16.4. The highest BCUT2D eigenvalue weighted by Crippen LogP contribution is 2.27. The number of nitrogens with zero attached hydrogens (tertiary/aromatic N) is 1. The van der Waals surface area contributed by atoms with Crippen LogP contribution in [-0.2, 0) is 31.1 Å². The molecule has 1 unspecified atom stereocenters. The van der Waals surface area contributed by atoms with Gasteiger partial charge in [-0.2, -0.15) is 0 Å². The van der Waals surface area contributed by atoms with Crippen LogP contribution in [0.5, 0.6) is 0 Å². The minimum Gasteiger partial charge on any atom is -0.481 e. The Bertz CT molecular complexity index is 1190. The van der Waals surface area contributed by atoms with E-state index in [0.29, 0.717) is 29.9 Å². The molecule has 0 fully saturated rings. The third-order valence-corrected chi connectivity index (χ3v) is 7.22. The summed E-state index contributed by atoms with van der Waals surface area (Å²) in [7, 11) is 1.96. The molecule has 0 aliphatic carbocycles. The number of hydrogen-bond acceptors (Lipinski definition) is 3. The normalized spacial score (nSPS) is 12.1. The van der Waals surface area contributed by atoms with Gasteiger partial charge in [0.25, 0.3) is 0 Å². The molecule has 38 heavy (non-hydrogen) atoms. The summed E-state index contributed by atoms with van der Waals surface area (Å²) in [5, 5.41) is 12.7. The Morgan fingerprint density at radius 2 is 1.66 bits per heavy atom. The van der Waals surface area contributed by atoms with Crippen LogP contribution in [0.15, 0.2) is 54.6 Å². The third kappa shape index (κ3) is 7.83. The van der Waals surface area contributed by atoms with Crippen molar-refractivity contribution in [2.75, 3.05) is 5.32 Å². The zero-order valence-corrected chi connectivity index (χ0v) is 23.7. The molecule has 0 bridgehead atoms. The van der Waals surface area contributed by atoms with E-state index in [1.54, 1.807) is 0 Å². The van der Waals surface area contributed by atoms with Gasteiger partial charge in [-0.05, 0) is 79.5 Å². The van der Waals surface area contributed by atoms with Gasteiger partial charge in [-0.3, -0.25) is 9.59 Å². The van der Waals surface area contributed by atoms with Gasteiger partial charge in [-0.25, -0.2) is 0 Å². The zero-order chi connectivity index (χ0) is 27.7. The standard InChI is InChI=1S/C33H44N2O3/c1-6-8-11-30(25-15-13-24(14-16-25)21-23(3)4)34-27-19-17-26(18-20-27)33(38)29-22-28(10-9-12-32(36)37)35(5)31(29)7-2/h13-20,22-23,30,34H,6-12,21H2,1-5H3,(H,36,37). The lowest BCUT2D eigenvalue weighted by Crippen LogP contribution is -2.11. The van der Waals surface area contributed by atoms with Crippen molar-refractivity contribution in [1.29, 1.82) is 0 Å². The first-order valence-electron chi connectivity index (χ1n) is 14.1. The molecule has 0 saturated heterocycles. The number of carbonyl (C=O) groups excluding carboxylic acids is 1. The van der Waals surface area contributed by atoms with Crippen molar-refractivity contribution in [3.05, 3.63) is 88.2 Å². The van der Waals surface area contributed by atoms with E-state index in [1.165, 1.54) is 11.1 Å². The van der Waals surface area contributed by atoms with Crippen molar-refractivity contribution >= 4 is 17.4 Å². The first-order valence-corrected chi connectivity index (χ1v) is 14.1. The van der Waals surface area contributed by atoms with Crippen LogP contribution in [0.1, 0.15) is 104 Å². The number of carboxylic acid groups (broad SMARTS) is 1. The van der Waals surface area contributed by atoms with Crippen molar-refractivity contribution < 1.29 is 14.7 Å². The number of anilines is 1. The molecule has 3 rings (SSSR count). The average molecular weight is 517 g/mol.